The first-order valence-electron chi connectivity index (χ1n) is 6.67. The number of ether oxygens (including phenoxy) is 1. The van der Waals surface area contributed by atoms with E-state index in [2.05, 4.69) is 27.6 Å². The van der Waals surface area contributed by atoms with Crippen molar-refractivity contribution >= 4 is 57.8 Å². The molecule has 0 saturated carbocycles. The van der Waals surface area contributed by atoms with E-state index in [0.717, 1.165) is 9.13 Å². The number of halogens is 2. The van der Waals surface area contributed by atoms with Gasteiger partial charge in [0, 0.05) is 15.7 Å². The molecule has 0 aromatic heterocycles. The van der Waals surface area contributed by atoms with Crippen molar-refractivity contribution in [3.63, 3.8) is 0 Å². The number of nitro benzene ring substituents is 1. The van der Waals surface area contributed by atoms with Gasteiger partial charge in [0.2, 0.25) is 5.90 Å². The summed E-state index contributed by atoms with van der Waals surface area (Å²) in [6.07, 6.45) is 1.62. The molecule has 0 fully saturated rings. The molecule has 1 heterocycles. The third-order valence-corrected chi connectivity index (χ3v) is 4.51. The van der Waals surface area contributed by atoms with E-state index in [1.54, 1.807) is 6.08 Å². The minimum absolute atomic E-state index is 0.0251. The van der Waals surface area contributed by atoms with Crippen LogP contribution in [0.1, 0.15) is 11.1 Å². The Morgan fingerprint density at radius 3 is 2.67 bits per heavy atom. The van der Waals surface area contributed by atoms with Crippen LogP contribution in [0.4, 0.5) is 5.69 Å². The Morgan fingerprint density at radius 1 is 1.25 bits per heavy atom. The van der Waals surface area contributed by atoms with Gasteiger partial charge in [-0.3, -0.25) is 10.1 Å². The fourth-order valence-electron chi connectivity index (χ4n) is 2.05. The van der Waals surface area contributed by atoms with Crippen LogP contribution in [-0.4, -0.2) is 16.8 Å². The number of carbonyl (C=O) groups is 1. The lowest BCUT2D eigenvalue weighted by molar-refractivity contribution is -0.384. The Kier molecular flexibility index (Phi) is 4.63. The van der Waals surface area contributed by atoms with Crippen LogP contribution >= 0.6 is 34.2 Å². The number of esters is 1. The summed E-state index contributed by atoms with van der Waals surface area (Å²) in [5.74, 6) is -0.573. The van der Waals surface area contributed by atoms with Gasteiger partial charge in [-0.15, -0.1) is 0 Å². The number of nitro groups is 1. The molecular formula is C16H8ClIN2O4. The van der Waals surface area contributed by atoms with Crippen LogP contribution in [0.5, 0.6) is 0 Å². The van der Waals surface area contributed by atoms with Crippen LogP contribution in [0, 0.1) is 13.7 Å². The number of hydrogen-bond acceptors (Lipinski definition) is 5. The highest BCUT2D eigenvalue weighted by Gasteiger charge is 2.26. The summed E-state index contributed by atoms with van der Waals surface area (Å²) in [5, 5.41) is 10.8. The molecule has 0 bridgehead atoms. The van der Waals surface area contributed by atoms with E-state index in [9.17, 15) is 14.9 Å². The fourth-order valence-corrected chi connectivity index (χ4v) is 2.85. The van der Waals surface area contributed by atoms with Gasteiger partial charge in [0.25, 0.3) is 5.69 Å². The first kappa shape index (κ1) is 16.6. The summed E-state index contributed by atoms with van der Waals surface area (Å²) in [7, 11) is 0. The summed E-state index contributed by atoms with van der Waals surface area (Å²) in [6.45, 7) is 0. The molecule has 0 unspecified atom stereocenters. The third kappa shape index (κ3) is 3.31. The van der Waals surface area contributed by atoms with E-state index in [4.69, 9.17) is 16.3 Å². The van der Waals surface area contributed by atoms with Crippen LogP contribution in [0.15, 0.2) is 53.2 Å². The molecule has 2 aromatic carbocycles. The standard InChI is InChI=1S/C16H8ClIN2O4/c17-12-8-10(20(22)23)5-6-11(12)15-19-14(16(21)24-15)7-9-3-1-2-4-13(9)18/h1-8H/b14-7-. The van der Waals surface area contributed by atoms with Gasteiger partial charge < -0.3 is 4.74 Å². The van der Waals surface area contributed by atoms with Crippen molar-refractivity contribution in [3.05, 3.63) is 78.0 Å². The van der Waals surface area contributed by atoms with Gasteiger partial charge in [-0.05, 0) is 46.4 Å². The summed E-state index contributed by atoms with van der Waals surface area (Å²) in [4.78, 5) is 26.4. The second kappa shape index (κ2) is 6.70. The first-order chi connectivity index (χ1) is 11.5. The van der Waals surface area contributed by atoms with Gasteiger partial charge in [0.1, 0.15) is 0 Å². The Morgan fingerprint density at radius 2 is 2.00 bits per heavy atom. The van der Waals surface area contributed by atoms with Gasteiger partial charge in [0.05, 0.1) is 15.5 Å². The average Bonchev–Trinajstić information content (AvgIpc) is 2.90. The van der Waals surface area contributed by atoms with Crippen LogP contribution in [0.3, 0.4) is 0 Å². The van der Waals surface area contributed by atoms with Gasteiger partial charge in [-0.1, -0.05) is 29.8 Å². The minimum atomic E-state index is -0.598. The second-order valence-corrected chi connectivity index (χ2v) is 6.35. The molecule has 0 spiro atoms. The predicted octanol–water partition coefficient (Wildman–Crippen LogP) is 4.20. The lowest BCUT2D eigenvalue weighted by Crippen LogP contribution is -2.06. The predicted molar refractivity (Wildman–Crippen MR) is 97.9 cm³/mol. The van der Waals surface area contributed by atoms with Crippen LogP contribution in [0.25, 0.3) is 6.08 Å². The average molecular weight is 455 g/mol. The SMILES string of the molecule is O=C1OC(c2ccc([N+](=O)[O-])cc2Cl)=N/C1=C\c1ccccc1I. The van der Waals surface area contributed by atoms with Crippen molar-refractivity contribution in [3.8, 4) is 0 Å². The lowest BCUT2D eigenvalue weighted by Gasteiger charge is -2.02. The van der Waals surface area contributed by atoms with E-state index in [1.165, 1.54) is 18.2 Å². The Bertz CT molecular complexity index is 924. The topological polar surface area (TPSA) is 81.8 Å². The molecule has 1 aliphatic heterocycles. The van der Waals surface area contributed by atoms with E-state index in [-0.39, 0.29) is 22.3 Å². The largest absolute Gasteiger partial charge is 0.402 e. The fraction of sp³-hybridized carbons (Fsp3) is 0. The van der Waals surface area contributed by atoms with Crippen molar-refractivity contribution < 1.29 is 14.5 Å². The summed E-state index contributed by atoms with van der Waals surface area (Å²) < 4.78 is 6.10. The number of cyclic esters (lactones) is 1. The summed E-state index contributed by atoms with van der Waals surface area (Å²) in [6, 6.07) is 11.4. The molecule has 0 saturated heterocycles. The molecule has 0 N–H and O–H groups in total. The molecular weight excluding hydrogens is 447 g/mol. The van der Waals surface area contributed by atoms with Crippen LogP contribution in [0.2, 0.25) is 5.02 Å². The molecule has 0 radical (unpaired) electrons. The number of aliphatic imine (C=N–C) groups is 1. The number of carbonyl (C=O) groups excluding carboxylic acids is 1. The molecule has 120 valence electrons. The normalized spacial score (nSPS) is 15.3. The van der Waals surface area contributed by atoms with Crippen molar-refractivity contribution in [2.24, 2.45) is 4.99 Å². The van der Waals surface area contributed by atoms with E-state index in [1.807, 2.05) is 24.3 Å². The Balaban J connectivity index is 1.98. The van der Waals surface area contributed by atoms with Gasteiger partial charge >= 0.3 is 5.97 Å². The smallest absolute Gasteiger partial charge is 0.363 e. The summed E-state index contributed by atoms with van der Waals surface area (Å²) in [5.41, 5.74) is 1.15. The van der Waals surface area contributed by atoms with Crippen LogP contribution in [-0.2, 0) is 9.53 Å². The first-order valence-corrected chi connectivity index (χ1v) is 8.13. The molecule has 24 heavy (non-hydrogen) atoms. The molecule has 0 atom stereocenters. The zero-order valence-electron chi connectivity index (χ0n) is 11.9. The van der Waals surface area contributed by atoms with Crippen molar-refractivity contribution in [1.29, 1.82) is 0 Å². The zero-order chi connectivity index (χ0) is 17.3. The highest BCUT2D eigenvalue weighted by atomic mass is 127. The van der Waals surface area contributed by atoms with Crippen molar-refractivity contribution in [1.82, 2.24) is 0 Å². The summed E-state index contributed by atoms with van der Waals surface area (Å²) >= 11 is 8.19. The highest BCUT2D eigenvalue weighted by molar-refractivity contribution is 14.1. The van der Waals surface area contributed by atoms with E-state index < -0.39 is 10.9 Å². The zero-order valence-corrected chi connectivity index (χ0v) is 14.8. The highest BCUT2D eigenvalue weighted by Crippen LogP contribution is 2.27. The van der Waals surface area contributed by atoms with Gasteiger partial charge in [0.15, 0.2) is 5.70 Å². The Hall–Kier alpha value is -2.26. The molecule has 3 rings (SSSR count). The quantitative estimate of drug-likeness (QED) is 0.229. The van der Waals surface area contributed by atoms with Crippen molar-refractivity contribution in [2.75, 3.05) is 0 Å². The van der Waals surface area contributed by atoms with Gasteiger partial charge in [-0.2, -0.15) is 0 Å². The number of nitrogens with zero attached hydrogens (tertiary/aromatic N) is 2. The molecule has 6 nitrogen and oxygen atoms in total. The molecule has 2 aromatic rings. The molecule has 8 heteroatoms. The van der Waals surface area contributed by atoms with E-state index in [0.29, 0.717) is 5.56 Å². The maximum absolute atomic E-state index is 12.0. The number of rotatable bonds is 3. The number of benzene rings is 2. The third-order valence-electron chi connectivity index (χ3n) is 3.21. The second-order valence-electron chi connectivity index (χ2n) is 4.78. The molecule has 0 amide bonds. The van der Waals surface area contributed by atoms with Crippen molar-refractivity contribution in [2.45, 2.75) is 0 Å². The maximum Gasteiger partial charge on any atom is 0.363 e. The van der Waals surface area contributed by atoms with Crippen LogP contribution < -0.4 is 0 Å². The number of hydrogen-bond donors (Lipinski definition) is 0. The molecule has 0 aliphatic carbocycles. The Labute approximate surface area is 155 Å². The minimum Gasteiger partial charge on any atom is -0.402 e. The molecule has 1 aliphatic rings. The van der Waals surface area contributed by atoms with E-state index >= 15 is 0 Å². The lowest BCUT2D eigenvalue weighted by atomic mass is 10.2. The number of non-ortho nitro benzene ring substituents is 1. The van der Waals surface area contributed by atoms with Gasteiger partial charge in [-0.25, -0.2) is 9.79 Å². The maximum atomic E-state index is 12.0. The monoisotopic (exact) mass is 454 g/mol.